The number of carboxylic acids is 1. The van der Waals surface area contributed by atoms with E-state index in [4.69, 9.17) is 0 Å². The van der Waals surface area contributed by atoms with Gasteiger partial charge in [0.05, 0.1) is 0 Å². The zero-order valence-electron chi connectivity index (χ0n) is 11.7. The maximum absolute atomic E-state index is 12.5. The average molecular weight is 286 g/mol. The van der Waals surface area contributed by atoms with E-state index in [-0.39, 0.29) is 12.5 Å². The molecule has 1 aromatic heterocycles. The molecule has 3 rings (SSSR count). The number of nitrogens with zero attached hydrogens (tertiary/aromatic N) is 2. The van der Waals surface area contributed by atoms with Crippen LogP contribution in [0.25, 0.3) is 10.9 Å². The standard InChI is InChI=1S/C16H18N2O3/c19-15(18-9-4-3-7-14(18)16(20)21)11-17-10-8-12-5-1-2-6-13(12)17/h1-2,5-6,8,10,14H,3-4,7,9,11H2,(H,20,21). The van der Waals surface area contributed by atoms with E-state index in [2.05, 4.69) is 0 Å². The Kier molecular flexibility index (Phi) is 3.64. The Bertz CT molecular complexity index is 677. The van der Waals surface area contributed by atoms with Gasteiger partial charge in [-0.25, -0.2) is 4.79 Å². The fraction of sp³-hybridized carbons (Fsp3) is 0.375. The van der Waals surface area contributed by atoms with Crippen LogP contribution >= 0.6 is 0 Å². The number of hydrogen-bond acceptors (Lipinski definition) is 2. The van der Waals surface area contributed by atoms with Crippen molar-refractivity contribution in [1.29, 1.82) is 0 Å². The lowest BCUT2D eigenvalue weighted by atomic mass is 10.0. The lowest BCUT2D eigenvalue weighted by Crippen LogP contribution is -2.49. The van der Waals surface area contributed by atoms with Gasteiger partial charge in [-0.05, 0) is 36.8 Å². The lowest BCUT2D eigenvalue weighted by molar-refractivity contribution is -0.152. The van der Waals surface area contributed by atoms with E-state index in [9.17, 15) is 14.7 Å². The highest BCUT2D eigenvalue weighted by Crippen LogP contribution is 2.19. The number of para-hydroxylation sites is 1. The third-order valence-corrected chi connectivity index (χ3v) is 4.09. The van der Waals surface area contributed by atoms with Gasteiger partial charge in [0.1, 0.15) is 12.6 Å². The molecule has 2 heterocycles. The molecule has 1 aromatic carbocycles. The number of carbonyl (C=O) groups excluding carboxylic acids is 1. The first-order valence-corrected chi connectivity index (χ1v) is 7.23. The van der Waals surface area contributed by atoms with Crippen molar-refractivity contribution in [3.05, 3.63) is 36.5 Å². The largest absolute Gasteiger partial charge is 0.480 e. The first kappa shape index (κ1) is 13.7. The van der Waals surface area contributed by atoms with E-state index >= 15 is 0 Å². The highest BCUT2D eigenvalue weighted by molar-refractivity contribution is 5.86. The van der Waals surface area contributed by atoms with Crippen molar-refractivity contribution in [1.82, 2.24) is 9.47 Å². The molecule has 0 saturated carbocycles. The first-order valence-electron chi connectivity index (χ1n) is 7.23. The predicted molar refractivity (Wildman–Crippen MR) is 78.9 cm³/mol. The molecule has 5 nitrogen and oxygen atoms in total. The van der Waals surface area contributed by atoms with Crippen LogP contribution in [0.4, 0.5) is 0 Å². The molecule has 0 radical (unpaired) electrons. The van der Waals surface area contributed by atoms with Crippen molar-refractivity contribution in [2.45, 2.75) is 31.8 Å². The molecule has 1 unspecified atom stereocenters. The van der Waals surface area contributed by atoms with E-state index in [1.54, 1.807) is 0 Å². The number of carbonyl (C=O) groups is 2. The Balaban J connectivity index is 1.80. The van der Waals surface area contributed by atoms with Crippen LogP contribution in [0.5, 0.6) is 0 Å². The number of carboxylic acid groups (broad SMARTS) is 1. The number of rotatable bonds is 3. The summed E-state index contributed by atoms with van der Waals surface area (Å²) in [7, 11) is 0. The number of amides is 1. The number of hydrogen-bond donors (Lipinski definition) is 1. The van der Waals surface area contributed by atoms with Crippen molar-refractivity contribution in [2.75, 3.05) is 6.54 Å². The minimum absolute atomic E-state index is 0.122. The Hall–Kier alpha value is -2.30. The van der Waals surface area contributed by atoms with Gasteiger partial charge in [-0.1, -0.05) is 18.2 Å². The molecule has 1 fully saturated rings. The normalized spacial score (nSPS) is 18.9. The quantitative estimate of drug-likeness (QED) is 0.940. The number of piperidine rings is 1. The molecule has 1 amide bonds. The number of aliphatic carboxylic acids is 1. The SMILES string of the molecule is O=C(O)C1CCCCN1C(=O)Cn1ccc2ccccc21. The summed E-state index contributed by atoms with van der Waals surface area (Å²) < 4.78 is 1.88. The molecule has 1 aliphatic heterocycles. The van der Waals surface area contributed by atoms with Gasteiger partial charge >= 0.3 is 5.97 Å². The minimum atomic E-state index is -0.902. The van der Waals surface area contributed by atoms with Crippen LogP contribution < -0.4 is 0 Å². The lowest BCUT2D eigenvalue weighted by Gasteiger charge is -2.33. The molecule has 1 N–H and O–H groups in total. The monoisotopic (exact) mass is 286 g/mol. The molecular formula is C16H18N2O3. The Morgan fingerprint density at radius 3 is 2.81 bits per heavy atom. The number of likely N-dealkylation sites (tertiary alicyclic amines) is 1. The van der Waals surface area contributed by atoms with Crippen molar-refractivity contribution in [3.8, 4) is 0 Å². The third kappa shape index (κ3) is 2.63. The number of aromatic nitrogens is 1. The second-order valence-electron chi connectivity index (χ2n) is 5.44. The van der Waals surface area contributed by atoms with Crippen LogP contribution in [0.3, 0.4) is 0 Å². The first-order chi connectivity index (χ1) is 10.2. The zero-order valence-corrected chi connectivity index (χ0v) is 11.7. The Labute approximate surface area is 122 Å². The Morgan fingerprint density at radius 2 is 2.00 bits per heavy atom. The maximum atomic E-state index is 12.5. The van der Waals surface area contributed by atoms with E-state index in [1.165, 1.54) is 4.90 Å². The molecule has 0 aliphatic carbocycles. The number of fused-ring (bicyclic) bond motifs is 1. The van der Waals surface area contributed by atoms with Crippen LogP contribution in [0.1, 0.15) is 19.3 Å². The molecule has 21 heavy (non-hydrogen) atoms. The highest BCUT2D eigenvalue weighted by Gasteiger charge is 2.31. The molecular weight excluding hydrogens is 268 g/mol. The highest BCUT2D eigenvalue weighted by atomic mass is 16.4. The topological polar surface area (TPSA) is 62.5 Å². The average Bonchev–Trinajstić information content (AvgIpc) is 2.90. The smallest absolute Gasteiger partial charge is 0.326 e. The minimum Gasteiger partial charge on any atom is -0.480 e. The summed E-state index contributed by atoms with van der Waals surface area (Å²) in [5, 5.41) is 10.3. The van der Waals surface area contributed by atoms with E-state index in [1.807, 2.05) is 41.1 Å². The van der Waals surface area contributed by atoms with E-state index in [0.29, 0.717) is 13.0 Å². The van der Waals surface area contributed by atoms with Crippen LogP contribution in [-0.2, 0) is 16.1 Å². The van der Waals surface area contributed by atoms with Gasteiger partial charge < -0.3 is 14.6 Å². The third-order valence-electron chi connectivity index (χ3n) is 4.09. The number of benzene rings is 1. The zero-order chi connectivity index (χ0) is 14.8. The molecule has 1 saturated heterocycles. The summed E-state index contributed by atoms with van der Waals surface area (Å²) in [6.07, 6.45) is 4.17. The molecule has 110 valence electrons. The summed E-state index contributed by atoms with van der Waals surface area (Å²) in [5.74, 6) is -1.02. The second-order valence-corrected chi connectivity index (χ2v) is 5.44. The molecule has 2 aromatic rings. The van der Waals surface area contributed by atoms with Gasteiger partial charge in [0.15, 0.2) is 0 Å². The van der Waals surface area contributed by atoms with Crippen LogP contribution in [0.2, 0.25) is 0 Å². The summed E-state index contributed by atoms with van der Waals surface area (Å²) in [6.45, 7) is 0.728. The molecule has 1 atom stereocenters. The molecule has 1 aliphatic rings. The second kappa shape index (κ2) is 5.60. The predicted octanol–water partition coefficient (Wildman–Crippen LogP) is 2.11. The van der Waals surface area contributed by atoms with Crippen molar-refractivity contribution in [2.24, 2.45) is 0 Å². The fourth-order valence-corrected chi connectivity index (χ4v) is 3.00. The van der Waals surface area contributed by atoms with Crippen LogP contribution in [-0.4, -0.2) is 39.0 Å². The fourth-order valence-electron chi connectivity index (χ4n) is 3.00. The molecule has 0 spiro atoms. The Morgan fingerprint density at radius 1 is 1.19 bits per heavy atom. The van der Waals surface area contributed by atoms with Crippen molar-refractivity contribution >= 4 is 22.8 Å². The van der Waals surface area contributed by atoms with Gasteiger partial charge in [-0.2, -0.15) is 0 Å². The maximum Gasteiger partial charge on any atom is 0.326 e. The van der Waals surface area contributed by atoms with Gasteiger partial charge in [-0.3, -0.25) is 4.79 Å². The van der Waals surface area contributed by atoms with Gasteiger partial charge in [-0.15, -0.1) is 0 Å². The van der Waals surface area contributed by atoms with Crippen molar-refractivity contribution < 1.29 is 14.7 Å². The van der Waals surface area contributed by atoms with Gasteiger partial charge in [0.25, 0.3) is 0 Å². The molecule has 5 heteroatoms. The van der Waals surface area contributed by atoms with E-state index in [0.717, 1.165) is 23.7 Å². The van der Waals surface area contributed by atoms with Gasteiger partial charge in [0.2, 0.25) is 5.91 Å². The summed E-state index contributed by atoms with van der Waals surface area (Å²) in [6, 6.07) is 9.15. The summed E-state index contributed by atoms with van der Waals surface area (Å²) in [4.78, 5) is 25.3. The molecule has 0 bridgehead atoms. The van der Waals surface area contributed by atoms with Gasteiger partial charge in [0, 0.05) is 18.3 Å². The summed E-state index contributed by atoms with van der Waals surface area (Å²) in [5.41, 5.74) is 0.995. The van der Waals surface area contributed by atoms with Crippen LogP contribution in [0.15, 0.2) is 36.5 Å². The van der Waals surface area contributed by atoms with Crippen LogP contribution in [0, 0.1) is 0 Å². The van der Waals surface area contributed by atoms with E-state index < -0.39 is 12.0 Å². The summed E-state index contributed by atoms with van der Waals surface area (Å²) >= 11 is 0. The van der Waals surface area contributed by atoms with Crippen molar-refractivity contribution in [3.63, 3.8) is 0 Å².